The highest BCUT2D eigenvalue weighted by Crippen LogP contribution is 2.07. The molecule has 2 aromatic rings. The molecular formula is C20H27N5OS. The molecule has 0 spiro atoms. The normalized spacial score (nSPS) is 10.4. The van der Waals surface area contributed by atoms with E-state index in [1.54, 1.807) is 11.1 Å². The first kappa shape index (κ1) is 20.8. The lowest BCUT2D eigenvalue weighted by Gasteiger charge is -2.24. The van der Waals surface area contributed by atoms with Gasteiger partial charge in [0.2, 0.25) is 0 Å². The minimum absolute atomic E-state index is 0.0598. The van der Waals surface area contributed by atoms with Crippen LogP contribution in [0.4, 0.5) is 0 Å². The van der Waals surface area contributed by atoms with Crippen LogP contribution in [0.3, 0.4) is 0 Å². The number of aromatic nitrogens is 1. The van der Waals surface area contributed by atoms with Gasteiger partial charge < -0.3 is 15.8 Å². The van der Waals surface area contributed by atoms with Crippen LogP contribution in [0.25, 0.3) is 0 Å². The largest absolute Gasteiger partial charge is 0.375 e. The molecule has 0 fully saturated rings. The molecule has 0 aliphatic rings. The summed E-state index contributed by atoms with van der Waals surface area (Å²) in [6.07, 6.45) is 3.43. The highest BCUT2D eigenvalue weighted by atomic mass is 32.1. The molecule has 2 rings (SSSR count). The minimum atomic E-state index is -0.0598. The van der Waals surface area contributed by atoms with Crippen LogP contribution in [0.1, 0.15) is 23.2 Å². The summed E-state index contributed by atoms with van der Waals surface area (Å²) in [7, 11) is 0. The maximum Gasteiger partial charge on any atom is 0.194 e. The van der Waals surface area contributed by atoms with Gasteiger partial charge in [-0.05, 0) is 49.2 Å². The molecule has 27 heavy (non-hydrogen) atoms. The Balaban J connectivity index is 1.69. The molecule has 1 heterocycles. The zero-order valence-electron chi connectivity index (χ0n) is 15.6. The number of rotatable bonds is 9. The van der Waals surface area contributed by atoms with Crippen LogP contribution in [-0.4, -0.2) is 40.7 Å². The molecule has 4 N–H and O–H groups in total. The molecule has 6 nitrogen and oxygen atoms in total. The van der Waals surface area contributed by atoms with E-state index in [9.17, 15) is 0 Å². The van der Waals surface area contributed by atoms with E-state index < -0.39 is 0 Å². The smallest absolute Gasteiger partial charge is 0.194 e. The highest BCUT2D eigenvalue weighted by Gasteiger charge is 2.12. The summed E-state index contributed by atoms with van der Waals surface area (Å²) in [5.41, 5.74) is 9.06. The fourth-order valence-electron chi connectivity index (χ4n) is 2.61. The predicted molar refractivity (Wildman–Crippen MR) is 113 cm³/mol. The van der Waals surface area contributed by atoms with Gasteiger partial charge in [-0.1, -0.05) is 36.4 Å². The third kappa shape index (κ3) is 7.32. The lowest BCUT2D eigenvalue weighted by molar-refractivity contribution is 0.125. The zero-order valence-corrected chi connectivity index (χ0v) is 16.5. The molecule has 0 saturated heterocycles. The second-order valence-corrected chi connectivity index (χ2v) is 6.56. The first-order valence-corrected chi connectivity index (χ1v) is 9.40. The average molecular weight is 386 g/mol. The Morgan fingerprint density at radius 3 is 2.74 bits per heavy atom. The van der Waals surface area contributed by atoms with Crippen molar-refractivity contribution in [3.63, 3.8) is 0 Å². The fraction of sp³-hybridized carbons (Fsp3) is 0.350. The average Bonchev–Trinajstić information content (AvgIpc) is 2.66. The molecule has 144 valence electrons. The van der Waals surface area contributed by atoms with Crippen LogP contribution in [0, 0.1) is 12.3 Å². The first-order chi connectivity index (χ1) is 13.1. The molecule has 0 aliphatic carbocycles. The topological polar surface area (TPSA) is 87.3 Å². The number of nitrogens with two attached hydrogens (primary N) is 1. The molecule has 1 aromatic carbocycles. The van der Waals surface area contributed by atoms with E-state index in [4.69, 9.17) is 28.1 Å². The van der Waals surface area contributed by atoms with Crippen molar-refractivity contribution in [2.24, 2.45) is 5.73 Å². The van der Waals surface area contributed by atoms with E-state index in [-0.39, 0.29) is 5.96 Å². The van der Waals surface area contributed by atoms with E-state index in [1.165, 1.54) is 5.56 Å². The number of ether oxygens (including phenoxy) is 1. The molecule has 0 atom stereocenters. The third-order valence-electron chi connectivity index (χ3n) is 4.08. The number of nitrogens with one attached hydrogen (secondary N) is 2. The van der Waals surface area contributed by atoms with Gasteiger partial charge in [0.1, 0.15) is 0 Å². The van der Waals surface area contributed by atoms with Crippen molar-refractivity contribution in [2.75, 3.05) is 19.7 Å². The third-order valence-corrected chi connectivity index (χ3v) is 4.45. The van der Waals surface area contributed by atoms with Crippen molar-refractivity contribution in [1.82, 2.24) is 15.2 Å². The SMILES string of the molecule is Cc1cccnc1CCCN(C(=N)N)C(=S)NCCOCc1ccccc1. The summed E-state index contributed by atoms with van der Waals surface area (Å²) >= 11 is 5.37. The van der Waals surface area contributed by atoms with E-state index in [2.05, 4.69) is 10.3 Å². The quantitative estimate of drug-likeness (QED) is 0.266. The molecule has 0 radical (unpaired) electrons. The van der Waals surface area contributed by atoms with Gasteiger partial charge in [0.25, 0.3) is 0 Å². The van der Waals surface area contributed by atoms with Crippen LogP contribution < -0.4 is 11.1 Å². The highest BCUT2D eigenvalue weighted by molar-refractivity contribution is 7.80. The predicted octanol–water partition coefficient (Wildman–Crippen LogP) is 2.61. The van der Waals surface area contributed by atoms with Crippen molar-refractivity contribution >= 4 is 23.3 Å². The molecule has 0 saturated carbocycles. The van der Waals surface area contributed by atoms with E-state index in [0.29, 0.717) is 31.4 Å². The van der Waals surface area contributed by atoms with Crippen LogP contribution in [0.2, 0.25) is 0 Å². The van der Waals surface area contributed by atoms with Crippen molar-refractivity contribution in [2.45, 2.75) is 26.4 Å². The van der Waals surface area contributed by atoms with Crippen LogP contribution >= 0.6 is 12.2 Å². The molecule has 0 amide bonds. The van der Waals surface area contributed by atoms with E-state index in [0.717, 1.165) is 24.1 Å². The van der Waals surface area contributed by atoms with Gasteiger partial charge in [-0.3, -0.25) is 15.3 Å². The summed E-state index contributed by atoms with van der Waals surface area (Å²) in [6.45, 7) is 4.27. The summed E-state index contributed by atoms with van der Waals surface area (Å²) in [5, 5.41) is 11.3. The standard InChI is InChI=1S/C20H27N5OS/c1-16-7-5-11-23-18(16)10-6-13-25(19(21)22)20(27)24-12-14-26-15-17-8-3-2-4-9-17/h2-5,7-9,11H,6,10,12-15H2,1H3,(H3,21,22)(H,24,27). The number of nitrogens with zero attached hydrogens (tertiary/aromatic N) is 2. The molecule has 0 aliphatic heterocycles. The number of guanidine groups is 1. The number of pyridine rings is 1. The van der Waals surface area contributed by atoms with Crippen molar-refractivity contribution in [3.05, 3.63) is 65.5 Å². The number of benzene rings is 1. The van der Waals surface area contributed by atoms with Gasteiger partial charge >= 0.3 is 0 Å². The second-order valence-electron chi connectivity index (χ2n) is 6.18. The van der Waals surface area contributed by atoms with E-state index in [1.807, 2.05) is 49.4 Å². The van der Waals surface area contributed by atoms with Gasteiger partial charge in [0.15, 0.2) is 11.1 Å². The van der Waals surface area contributed by atoms with Gasteiger partial charge in [-0.2, -0.15) is 0 Å². The maximum atomic E-state index is 7.77. The number of hydrogen-bond donors (Lipinski definition) is 3. The lowest BCUT2D eigenvalue weighted by Crippen LogP contribution is -2.48. The Kier molecular flexibility index (Phi) is 8.67. The molecular weight excluding hydrogens is 358 g/mol. The zero-order chi connectivity index (χ0) is 19.5. The van der Waals surface area contributed by atoms with Crippen molar-refractivity contribution in [1.29, 1.82) is 5.41 Å². The molecule has 1 aromatic heterocycles. The Bertz CT molecular complexity index is 738. The summed E-state index contributed by atoms with van der Waals surface area (Å²) in [6, 6.07) is 14.0. The van der Waals surface area contributed by atoms with Gasteiger partial charge in [0, 0.05) is 25.0 Å². The van der Waals surface area contributed by atoms with Crippen molar-refractivity contribution < 1.29 is 4.74 Å². The molecule has 0 bridgehead atoms. The minimum Gasteiger partial charge on any atom is -0.375 e. The summed E-state index contributed by atoms with van der Waals surface area (Å²) in [5.74, 6) is -0.0598. The number of thiocarbonyl (C=S) groups is 1. The monoisotopic (exact) mass is 385 g/mol. The summed E-state index contributed by atoms with van der Waals surface area (Å²) in [4.78, 5) is 5.99. The number of aryl methyl sites for hydroxylation is 2. The van der Waals surface area contributed by atoms with Crippen LogP contribution in [0.5, 0.6) is 0 Å². The summed E-state index contributed by atoms with van der Waals surface area (Å²) < 4.78 is 5.63. The Morgan fingerprint density at radius 1 is 1.26 bits per heavy atom. The van der Waals surface area contributed by atoms with Crippen LogP contribution in [0.15, 0.2) is 48.7 Å². The Hall–Kier alpha value is -2.51. The van der Waals surface area contributed by atoms with Gasteiger partial charge in [-0.15, -0.1) is 0 Å². The first-order valence-electron chi connectivity index (χ1n) is 8.99. The van der Waals surface area contributed by atoms with Crippen molar-refractivity contribution in [3.8, 4) is 0 Å². The second kappa shape index (κ2) is 11.3. The van der Waals surface area contributed by atoms with Gasteiger partial charge in [0.05, 0.1) is 13.2 Å². The Labute approximate surface area is 166 Å². The van der Waals surface area contributed by atoms with Crippen LogP contribution in [-0.2, 0) is 17.8 Å². The molecule has 7 heteroatoms. The maximum absolute atomic E-state index is 7.77. The molecule has 0 unspecified atom stereocenters. The van der Waals surface area contributed by atoms with Gasteiger partial charge in [-0.25, -0.2) is 0 Å². The fourth-order valence-corrected chi connectivity index (χ4v) is 2.90. The number of hydrogen-bond acceptors (Lipinski definition) is 4. The Morgan fingerprint density at radius 2 is 2.04 bits per heavy atom. The van der Waals surface area contributed by atoms with E-state index >= 15 is 0 Å². The lowest BCUT2D eigenvalue weighted by atomic mass is 10.1.